The minimum atomic E-state index is -0.269. The first-order chi connectivity index (χ1) is 16.8. The van der Waals surface area contributed by atoms with Gasteiger partial charge >= 0.3 is 0 Å². The van der Waals surface area contributed by atoms with Crippen LogP contribution in [-0.2, 0) is 16.1 Å². The second kappa shape index (κ2) is 16.0. The maximum atomic E-state index is 9.46. The highest BCUT2D eigenvalue weighted by atomic mass is 16.5. The second-order valence-corrected chi connectivity index (χ2v) is 8.54. The Hall–Kier alpha value is -2.66. The average molecular weight is 463 g/mol. The summed E-state index contributed by atoms with van der Waals surface area (Å²) in [5.41, 5.74) is 3.54. The van der Waals surface area contributed by atoms with Crippen LogP contribution in [0.5, 0.6) is 5.75 Å². The third kappa shape index (κ3) is 10.1. The van der Waals surface area contributed by atoms with E-state index in [1.807, 2.05) is 36.4 Å². The van der Waals surface area contributed by atoms with E-state index < -0.39 is 0 Å². The summed E-state index contributed by atoms with van der Waals surface area (Å²) in [6.07, 6.45) is 6.63. The molecule has 0 bridgehead atoms. The smallest absolute Gasteiger partial charge is 0.119 e. The van der Waals surface area contributed by atoms with Gasteiger partial charge in [-0.05, 0) is 41.7 Å². The quantitative estimate of drug-likeness (QED) is 0.228. The first-order valence-electron chi connectivity index (χ1n) is 12.5. The molecule has 3 aromatic rings. The zero-order valence-corrected chi connectivity index (χ0v) is 20.1. The summed E-state index contributed by atoms with van der Waals surface area (Å²) in [4.78, 5) is 0. The van der Waals surface area contributed by atoms with Crippen LogP contribution in [0.3, 0.4) is 0 Å². The Morgan fingerprint density at radius 1 is 0.618 bits per heavy atom. The summed E-state index contributed by atoms with van der Waals surface area (Å²) in [5, 5.41) is 9.46. The number of benzene rings is 3. The first-order valence-corrected chi connectivity index (χ1v) is 12.5. The van der Waals surface area contributed by atoms with Gasteiger partial charge in [-0.25, -0.2) is 0 Å². The Morgan fingerprint density at radius 2 is 1.21 bits per heavy atom. The van der Waals surface area contributed by atoms with Crippen LogP contribution in [-0.4, -0.2) is 37.6 Å². The van der Waals surface area contributed by atoms with E-state index in [9.17, 15) is 5.11 Å². The summed E-state index contributed by atoms with van der Waals surface area (Å²) in [7, 11) is 0. The van der Waals surface area contributed by atoms with Crippen LogP contribution in [0, 0.1) is 0 Å². The van der Waals surface area contributed by atoms with Crippen molar-refractivity contribution < 1.29 is 19.3 Å². The van der Waals surface area contributed by atoms with E-state index in [2.05, 4.69) is 48.5 Å². The van der Waals surface area contributed by atoms with Crippen molar-refractivity contribution in [1.82, 2.24) is 0 Å². The standard InChI is InChI=1S/C30H38O4/c31-23-30(34-24-26-13-7-5-8-14-26)25-32-21-11-3-1-2-4-12-22-33-29-19-17-28(18-20-29)27-15-9-6-10-16-27/h5-10,13-20,30-31H,1-4,11-12,21-25H2. The molecule has 1 N–H and O–H groups in total. The second-order valence-electron chi connectivity index (χ2n) is 8.54. The molecule has 4 heteroatoms. The molecule has 0 fully saturated rings. The molecule has 0 aliphatic rings. The van der Waals surface area contributed by atoms with E-state index in [4.69, 9.17) is 14.2 Å². The van der Waals surface area contributed by atoms with Gasteiger partial charge in [-0.15, -0.1) is 0 Å². The number of aliphatic hydroxyl groups is 1. The van der Waals surface area contributed by atoms with Crippen LogP contribution in [0.4, 0.5) is 0 Å². The summed E-state index contributed by atoms with van der Waals surface area (Å²) in [5.74, 6) is 0.936. The molecule has 0 radical (unpaired) electrons. The van der Waals surface area contributed by atoms with Gasteiger partial charge < -0.3 is 19.3 Å². The molecular formula is C30H38O4. The van der Waals surface area contributed by atoms with Gasteiger partial charge in [-0.2, -0.15) is 0 Å². The zero-order chi connectivity index (χ0) is 23.7. The van der Waals surface area contributed by atoms with Crippen molar-refractivity contribution in [2.75, 3.05) is 26.4 Å². The Morgan fingerprint density at radius 3 is 1.88 bits per heavy atom. The summed E-state index contributed by atoms with van der Waals surface area (Å²) in [6.45, 7) is 2.39. The molecule has 0 spiro atoms. The SMILES string of the molecule is OCC(COCCCCCCCCOc1ccc(-c2ccccc2)cc1)OCc1ccccc1. The fraction of sp³-hybridized carbons (Fsp3) is 0.400. The summed E-state index contributed by atoms with van der Waals surface area (Å²) < 4.78 is 17.3. The maximum Gasteiger partial charge on any atom is 0.119 e. The molecule has 34 heavy (non-hydrogen) atoms. The molecular weight excluding hydrogens is 424 g/mol. The fourth-order valence-electron chi connectivity index (χ4n) is 3.73. The lowest BCUT2D eigenvalue weighted by Crippen LogP contribution is -2.24. The van der Waals surface area contributed by atoms with Gasteiger partial charge in [0.25, 0.3) is 0 Å². The van der Waals surface area contributed by atoms with E-state index in [1.165, 1.54) is 30.4 Å². The van der Waals surface area contributed by atoms with Crippen LogP contribution >= 0.6 is 0 Å². The molecule has 182 valence electrons. The van der Waals surface area contributed by atoms with Crippen LogP contribution in [0.15, 0.2) is 84.9 Å². The Balaban J connectivity index is 1.14. The Labute approximate surface area is 204 Å². The van der Waals surface area contributed by atoms with Crippen LogP contribution in [0.25, 0.3) is 11.1 Å². The van der Waals surface area contributed by atoms with Crippen molar-refractivity contribution in [3.05, 3.63) is 90.5 Å². The lowest BCUT2D eigenvalue weighted by atomic mass is 10.1. The summed E-state index contributed by atoms with van der Waals surface area (Å²) in [6, 6.07) is 28.7. The number of rotatable bonds is 17. The monoisotopic (exact) mass is 462 g/mol. The lowest BCUT2D eigenvalue weighted by Gasteiger charge is -2.15. The molecule has 0 aliphatic carbocycles. The van der Waals surface area contributed by atoms with Crippen molar-refractivity contribution in [3.63, 3.8) is 0 Å². The Bertz CT molecular complexity index is 881. The molecule has 0 saturated carbocycles. The van der Waals surface area contributed by atoms with E-state index in [-0.39, 0.29) is 12.7 Å². The van der Waals surface area contributed by atoms with Crippen LogP contribution < -0.4 is 4.74 Å². The molecule has 0 saturated heterocycles. The van der Waals surface area contributed by atoms with Gasteiger partial charge in [0.15, 0.2) is 0 Å². The van der Waals surface area contributed by atoms with Gasteiger partial charge in [0.1, 0.15) is 11.9 Å². The first kappa shape index (κ1) is 26.0. The minimum absolute atomic E-state index is 0.0218. The largest absolute Gasteiger partial charge is 0.494 e. The van der Waals surface area contributed by atoms with Crippen molar-refractivity contribution in [2.24, 2.45) is 0 Å². The topological polar surface area (TPSA) is 47.9 Å². The number of unbranched alkanes of at least 4 members (excludes halogenated alkanes) is 5. The Kier molecular flexibility index (Phi) is 12.3. The van der Waals surface area contributed by atoms with Gasteiger partial charge in [0.2, 0.25) is 0 Å². The molecule has 0 aliphatic heterocycles. The van der Waals surface area contributed by atoms with Crippen molar-refractivity contribution in [1.29, 1.82) is 0 Å². The zero-order valence-electron chi connectivity index (χ0n) is 20.1. The van der Waals surface area contributed by atoms with E-state index >= 15 is 0 Å². The van der Waals surface area contributed by atoms with E-state index in [0.29, 0.717) is 19.8 Å². The molecule has 1 unspecified atom stereocenters. The highest BCUT2D eigenvalue weighted by molar-refractivity contribution is 5.63. The normalized spacial score (nSPS) is 11.9. The van der Waals surface area contributed by atoms with Gasteiger partial charge in [0.05, 0.1) is 26.4 Å². The molecule has 1 atom stereocenters. The molecule has 0 amide bonds. The van der Waals surface area contributed by atoms with Crippen LogP contribution in [0.2, 0.25) is 0 Å². The third-order valence-electron chi connectivity index (χ3n) is 5.75. The van der Waals surface area contributed by atoms with Crippen LogP contribution in [0.1, 0.15) is 44.1 Å². The van der Waals surface area contributed by atoms with Gasteiger partial charge in [-0.3, -0.25) is 0 Å². The highest BCUT2D eigenvalue weighted by Crippen LogP contribution is 2.22. The number of ether oxygens (including phenoxy) is 3. The fourth-order valence-corrected chi connectivity index (χ4v) is 3.73. The number of hydrogen-bond acceptors (Lipinski definition) is 4. The highest BCUT2D eigenvalue weighted by Gasteiger charge is 2.08. The predicted octanol–water partition coefficient (Wildman–Crippen LogP) is 6.67. The van der Waals surface area contributed by atoms with Crippen molar-refractivity contribution in [2.45, 2.75) is 51.2 Å². The van der Waals surface area contributed by atoms with E-state index in [0.717, 1.165) is 37.2 Å². The molecule has 0 aromatic heterocycles. The molecule has 4 nitrogen and oxygen atoms in total. The van der Waals surface area contributed by atoms with Gasteiger partial charge in [0, 0.05) is 6.61 Å². The predicted molar refractivity (Wildman–Crippen MR) is 138 cm³/mol. The van der Waals surface area contributed by atoms with E-state index in [1.54, 1.807) is 0 Å². The number of hydrogen-bond donors (Lipinski definition) is 1. The minimum Gasteiger partial charge on any atom is -0.494 e. The molecule has 3 aromatic carbocycles. The van der Waals surface area contributed by atoms with Crippen molar-refractivity contribution in [3.8, 4) is 16.9 Å². The summed E-state index contributed by atoms with van der Waals surface area (Å²) >= 11 is 0. The average Bonchev–Trinajstić information content (AvgIpc) is 2.90. The molecule has 0 heterocycles. The third-order valence-corrected chi connectivity index (χ3v) is 5.75. The maximum absolute atomic E-state index is 9.46. The number of aliphatic hydroxyl groups excluding tert-OH is 1. The van der Waals surface area contributed by atoms with Gasteiger partial charge in [-0.1, -0.05) is 98.5 Å². The molecule has 3 rings (SSSR count). The lowest BCUT2D eigenvalue weighted by molar-refractivity contribution is -0.0502. The van der Waals surface area contributed by atoms with Crippen molar-refractivity contribution >= 4 is 0 Å².